The topological polar surface area (TPSA) is 79.8 Å². The molecule has 2 unspecified atom stereocenters. The van der Waals surface area contributed by atoms with Gasteiger partial charge >= 0.3 is 12.6 Å². The zero-order valence-corrected chi connectivity index (χ0v) is 25.6. The van der Waals surface area contributed by atoms with Crippen molar-refractivity contribution < 1.29 is 32.5 Å². The highest BCUT2D eigenvalue weighted by Crippen LogP contribution is 2.43. The van der Waals surface area contributed by atoms with Gasteiger partial charge in [-0.25, -0.2) is 0 Å². The molecule has 0 amide bonds. The summed E-state index contributed by atoms with van der Waals surface area (Å²) in [5.74, 6) is -2.21. The lowest BCUT2D eigenvalue weighted by Crippen LogP contribution is -2.27. The summed E-state index contributed by atoms with van der Waals surface area (Å²) < 4.78 is 48.9. The second kappa shape index (κ2) is 14.6. The molecule has 0 saturated carbocycles. The highest BCUT2D eigenvalue weighted by Gasteiger charge is 2.36. The number of hydrogen-bond donors (Lipinski definition) is 0. The fourth-order valence-electron chi connectivity index (χ4n) is 4.39. The molecule has 0 bridgehead atoms. The number of alkyl halides is 2. The van der Waals surface area contributed by atoms with Gasteiger partial charge < -0.3 is 18.9 Å². The van der Waals surface area contributed by atoms with E-state index in [1.807, 2.05) is 26.0 Å². The maximum atomic E-state index is 13.4. The van der Waals surface area contributed by atoms with Crippen molar-refractivity contribution in [2.75, 3.05) is 20.0 Å². The third-order valence-corrected chi connectivity index (χ3v) is 8.35. The molecule has 0 saturated heterocycles. The fraction of sp³-hybridized carbons (Fsp3) is 0.452. The SMILES string of the molecule is CCOC(=O)C(c1cccnc1)C(c1ccc(C(C)(C)OCOCC[Si](C)(C)C)nc1)c1ccccc1OC(F)F. The number of carbonyl (C=O) groups excluding carboxylic acids is 1. The van der Waals surface area contributed by atoms with Crippen molar-refractivity contribution in [2.24, 2.45) is 0 Å². The van der Waals surface area contributed by atoms with Gasteiger partial charge in [0.15, 0.2) is 0 Å². The lowest BCUT2D eigenvalue weighted by atomic mass is 9.77. The first-order valence-electron chi connectivity index (χ1n) is 13.7. The van der Waals surface area contributed by atoms with Gasteiger partial charge in [0, 0.05) is 44.8 Å². The highest BCUT2D eigenvalue weighted by molar-refractivity contribution is 6.76. The summed E-state index contributed by atoms with van der Waals surface area (Å²) in [5, 5.41) is 0. The molecule has 0 N–H and O–H groups in total. The Morgan fingerprint density at radius 2 is 1.76 bits per heavy atom. The monoisotopic (exact) mass is 586 g/mol. The number of para-hydroxylation sites is 1. The van der Waals surface area contributed by atoms with E-state index in [-0.39, 0.29) is 19.1 Å². The Bertz CT molecular complexity index is 1240. The van der Waals surface area contributed by atoms with Crippen molar-refractivity contribution in [3.05, 3.63) is 89.5 Å². The van der Waals surface area contributed by atoms with Crippen molar-refractivity contribution in [1.29, 1.82) is 0 Å². The second-order valence-corrected chi connectivity index (χ2v) is 17.0. The van der Waals surface area contributed by atoms with E-state index in [0.29, 0.717) is 29.0 Å². The van der Waals surface area contributed by atoms with Gasteiger partial charge in [-0.3, -0.25) is 14.8 Å². The van der Waals surface area contributed by atoms with Gasteiger partial charge in [0.25, 0.3) is 0 Å². The summed E-state index contributed by atoms with van der Waals surface area (Å²) >= 11 is 0. The number of esters is 1. The van der Waals surface area contributed by atoms with Crippen molar-refractivity contribution in [3.63, 3.8) is 0 Å². The molecule has 3 rings (SSSR count). The van der Waals surface area contributed by atoms with Crippen molar-refractivity contribution >= 4 is 14.0 Å². The number of aromatic nitrogens is 2. The van der Waals surface area contributed by atoms with E-state index >= 15 is 0 Å². The Morgan fingerprint density at radius 3 is 2.37 bits per heavy atom. The standard InChI is InChI=1S/C31H40F2N2O5Si/c1-7-38-29(36)28(22-11-10-16-34-19-22)27(24-12-8-9-13-25(24)40-30(32)33)23-14-15-26(35-20-23)31(2,3)39-21-37-17-18-41(4,5)6/h8-16,19-20,27-28,30H,7,17-18,21H2,1-6H3. The summed E-state index contributed by atoms with van der Waals surface area (Å²) in [6, 6.07) is 14.6. The lowest BCUT2D eigenvalue weighted by molar-refractivity contribution is -0.145. The van der Waals surface area contributed by atoms with Crippen LogP contribution in [-0.2, 0) is 24.6 Å². The third kappa shape index (κ3) is 9.41. The number of rotatable bonds is 15. The molecule has 3 aromatic rings. The van der Waals surface area contributed by atoms with Crippen molar-refractivity contribution in [2.45, 2.75) is 70.5 Å². The molecule has 222 valence electrons. The molecule has 0 aliphatic carbocycles. The first-order valence-corrected chi connectivity index (χ1v) is 17.4. The minimum Gasteiger partial charge on any atom is -0.465 e. The average molecular weight is 587 g/mol. The van der Waals surface area contributed by atoms with Crippen LogP contribution in [0.25, 0.3) is 0 Å². The number of nitrogens with zero attached hydrogens (tertiary/aromatic N) is 2. The third-order valence-electron chi connectivity index (χ3n) is 6.65. The number of ether oxygens (including phenoxy) is 4. The second-order valence-electron chi connectivity index (χ2n) is 11.4. The molecule has 0 aliphatic heterocycles. The smallest absolute Gasteiger partial charge is 0.387 e. The van der Waals surface area contributed by atoms with Crippen molar-refractivity contribution in [1.82, 2.24) is 9.97 Å². The van der Waals surface area contributed by atoms with Crippen LogP contribution < -0.4 is 4.74 Å². The first-order chi connectivity index (χ1) is 19.4. The first kappa shape index (κ1) is 32.3. The van der Waals surface area contributed by atoms with E-state index in [9.17, 15) is 13.6 Å². The van der Waals surface area contributed by atoms with Crippen LogP contribution in [0.2, 0.25) is 25.7 Å². The van der Waals surface area contributed by atoms with Gasteiger partial charge in [0.05, 0.1) is 18.2 Å². The Kier molecular flexibility index (Phi) is 11.5. The van der Waals surface area contributed by atoms with Gasteiger partial charge in [0.2, 0.25) is 0 Å². The summed E-state index contributed by atoms with van der Waals surface area (Å²) in [7, 11) is -1.20. The van der Waals surface area contributed by atoms with Gasteiger partial charge in [0.1, 0.15) is 18.1 Å². The van der Waals surface area contributed by atoms with Crippen LogP contribution in [0.3, 0.4) is 0 Å². The molecule has 7 nitrogen and oxygen atoms in total. The predicted octanol–water partition coefficient (Wildman–Crippen LogP) is 7.12. The lowest BCUT2D eigenvalue weighted by Gasteiger charge is -2.29. The largest absolute Gasteiger partial charge is 0.465 e. The predicted molar refractivity (Wildman–Crippen MR) is 156 cm³/mol. The zero-order chi connectivity index (χ0) is 30.0. The molecular weight excluding hydrogens is 546 g/mol. The summed E-state index contributed by atoms with van der Waals surface area (Å²) in [5.41, 5.74) is 1.48. The number of hydrogen-bond acceptors (Lipinski definition) is 7. The molecule has 2 aromatic heterocycles. The number of pyridine rings is 2. The van der Waals surface area contributed by atoms with Gasteiger partial charge in [-0.1, -0.05) is 50.0 Å². The summed E-state index contributed by atoms with van der Waals surface area (Å²) in [6.07, 6.45) is 4.81. The molecule has 0 spiro atoms. The highest BCUT2D eigenvalue weighted by atomic mass is 28.3. The van der Waals surface area contributed by atoms with E-state index in [1.54, 1.807) is 55.8 Å². The molecule has 2 atom stereocenters. The van der Waals surface area contributed by atoms with E-state index < -0.39 is 38.1 Å². The van der Waals surface area contributed by atoms with Crippen LogP contribution in [0.1, 0.15) is 55.0 Å². The van der Waals surface area contributed by atoms with Crippen LogP contribution in [0.4, 0.5) is 8.78 Å². The van der Waals surface area contributed by atoms with E-state index in [1.165, 1.54) is 6.07 Å². The van der Waals surface area contributed by atoms with E-state index in [4.69, 9.17) is 18.9 Å². The zero-order valence-electron chi connectivity index (χ0n) is 24.6. The summed E-state index contributed by atoms with van der Waals surface area (Å²) in [6.45, 7) is 10.3. The van der Waals surface area contributed by atoms with Gasteiger partial charge in [-0.15, -0.1) is 0 Å². The maximum absolute atomic E-state index is 13.4. The quantitative estimate of drug-likeness (QED) is 0.0812. The molecule has 41 heavy (non-hydrogen) atoms. The van der Waals surface area contributed by atoms with Crippen LogP contribution in [0.5, 0.6) is 5.75 Å². The van der Waals surface area contributed by atoms with Crippen LogP contribution in [0.15, 0.2) is 67.1 Å². The van der Waals surface area contributed by atoms with E-state index in [2.05, 4.69) is 29.6 Å². The molecule has 10 heteroatoms. The Balaban J connectivity index is 1.99. The normalized spacial score (nSPS) is 13.6. The molecular formula is C31H40F2N2O5Si. The number of halogens is 2. The molecule has 2 heterocycles. The van der Waals surface area contributed by atoms with Gasteiger partial charge in [-0.2, -0.15) is 8.78 Å². The minimum absolute atomic E-state index is 0.0334. The fourth-order valence-corrected chi connectivity index (χ4v) is 5.15. The van der Waals surface area contributed by atoms with E-state index in [0.717, 1.165) is 6.04 Å². The van der Waals surface area contributed by atoms with Crippen LogP contribution in [0, 0.1) is 0 Å². The molecule has 0 fully saturated rings. The molecule has 1 aromatic carbocycles. The Labute approximate surface area is 242 Å². The number of benzene rings is 1. The van der Waals surface area contributed by atoms with Crippen LogP contribution in [-0.4, -0.2) is 50.6 Å². The Morgan fingerprint density at radius 1 is 1.00 bits per heavy atom. The molecule has 0 radical (unpaired) electrons. The van der Waals surface area contributed by atoms with Crippen molar-refractivity contribution in [3.8, 4) is 5.75 Å². The van der Waals surface area contributed by atoms with Crippen LogP contribution >= 0.6 is 0 Å². The Hall–Kier alpha value is -3.21. The number of carbonyl (C=O) groups is 1. The van der Waals surface area contributed by atoms with Gasteiger partial charge in [-0.05, 0) is 56.1 Å². The average Bonchev–Trinajstić information content (AvgIpc) is 2.91. The molecule has 0 aliphatic rings. The maximum Gasteiger partial charge on any atom is 0.387 e. The minimum atomic E-state index is -3.04. The summed E-state index contributed by atoms with van der Waals surface area (Å²) in [4.78, 5) is 22.3.